The van der Waals surface area contributed by atoms with E-state index in [-0.39, 0.29) is 11.8 Å². The van der Waals surface area contributed by atoms with Gasteiger partial charge in [-0.15, -0.1) is 0 Å². The Labute approximate surface area is 105 Å². The summed E-state index contributed by atoms with van der Waals surface area (Å²) in [7, 11) is 1.57. The predicted molar refractivity (Wildman–Crippen MR) is 66.3 cm³/mol. The van der Waals surface area contributed by atoms with E-state index in [1.165, 1.54) is 6.33 Å². The van der Waals surface area contributed by atoms with E-state index in [4.69, 9.17) is 4.74 Å². The van der Waals surface area contributed by atoms with E-state index in [1.807, 2.05) is 19.1 Å². The molecule has 0 aliphatic heterocycles. The Hall–Kier alpha value is -2.08. The van der Waals surface area contributed by atoms with Crippen molar-refractivity contribution in [2.45, 2.75) is 19.5 Å². The largest absolute Gasteiger partial charge is 0.507 e. The van der Waals surface area contributed by atoms with Gasteiger partial charge in [0.15, 0.2) is 0 Å². The maximum absolute atomic E-state index is 9.89. The van der Waals surface area contributed by atoms with Gasteiger partial charge in [0.2, 0.25) is 0 Å². The first-order valence-electron chi connectivity index (χ1n) is 5.65. The molecule has 1 atom stereocenters. The SMILES string of the molecule is COc1ccc(C(C)NCc2ncn[nH]2)c(O)c1. The number of hydrogen-bond acceptors (Lipinski definition) is 5. The average Bonchev–Trinajstić information content (AvgIpc) is 2.88. The number of methoxy groups -OCH3 is 1. The van der Waals surface area contributed by atoms with Gasteiger partial charge in [0, 0.05) is 17.7 Å². The van der Waals surface area contributed by atoms with E-state index in [0.717, 1.165) is 11.4 Å². The molecule has 0 fully saturated rings. The third-order valence-corrected chi connectivity index (χ3v) is 2.74. The Morgan fingerprint density at radius 3 is 2.94 bits per heavy atom. The van der Waals surface area contributed by atoms with Crippen LogP contribution in [0.5, 0.6) is 11.5 Å². The summed E-state index contributed by atoms with van der Waals surface area (Å²) < 4.78 is 5.04. The number of aromatic nitrogens is 3. The van der Waals surface area contributed by atoms with Crippen molar-refractivity contribution in [2.75, 3.05) is 7.11 Å². The van der Waals surface area contributed by atoms with Crippen LogP contribution in [0.4, 0.5) is 0 Å². The monoisotopic (exact) mass is 248 g/mol. The van der Waals surface area contributed by atoms with Crippen molar-refractivity contribution in [1.82, 2.24) is 20.5 Å². The third kappa shape index (κ3) is 2.78. The van der Waals surface area contributed by atoms with Crippen LogP contribution in [0.3, 0.4) is 0 Å². The number of phenolic OH excluding ortho intramolecular Hbond substituents is 1. The standard InChI is InChI=1S/C12H16N4O2/c1-8(13-6-12-14-7-15-16-12)10-4-3-9(18-2)5-11(10)17/h3-5,7-8,13,17H,6H2,1-2H3,(H,14,15,16). The van der Waals surface area contributed by atoms with E-state index in [1.54, 1.807) is 13.2 Å². The summed E-state index contributed by atoms with van der Waals surface area (Å²) in [6, 6.07) is 5.26. The molecule has 0 saturated carbocycles. The van der Waals surface area contributed by atoms with E-state index < -0.39 is 0 Å². The smallest absolute Gasteiger partial charge is 0.138 e. The second kappa shape index (κ2) is 5.50. The fourth-order valence-electron chi connectivity index (χ4n) is 1.69. The Morgan fingerprint density at radius 1 is 1.50 bits per heavy atom. The van der Waals surface area contributed by atoms with Crippen molar-refractivity contribution < 1.29 is 9.84 Å². The Morgan fingerprint density at radius 2 is 2.33 bits per heavy atom. The number of phenols is 1. The van der Waals surface area contributed by atoms with Crippen LogP contribution in [0.1, 0.15) is 24.4 Å². The molecular weight excluding hydrogens is 232 g/mol. The minimum absolute atomic E-state index is 0.000932. The first-order valence-corrected chi connectivity index (χ1v) is 5.65. The molecule has 6 heteroatoms. The molecule has 1 aromatic carbocycles. The molecule has 0 saturated heterocycles. The van der Waals surface area contributed by atoms with Crippen LogP contribution < -0.4 is 10.1 Å². The predicted octanol–water partition coefficient (Wildman–Crippen LogP) is 1.37. The second-order valence-electron chi connectivity index (χ2n) is 3.96. The minimum atomic E-state index is 0.000932. The maximum atomic E-state index is 9.89. The Balaban J connectivity index is 2.02. The zero-order valence-corrected chi connectivity index (χ0v) is 10.3. The number of rotatable bonds is 5. The Kier molecular flexibility index (Phi) is 3.78. The number of H-pyrrole nitrogens is 1. The maximum Gasteiger partial charge on any atom is 0.138 e. The molecule has 0 amide bonds. The van der Waals surface area contributed by atoms with E-state index in [9.17, 15) is 5.11 Å². The quantitative estimate of drug-likeness (QED) is 0.744. The van der Waals surface area contributed by atoms with Crippen molar-refractivity contribution in [1.29, 1.82) is 0 Å². The summed E-state index contributed by atoms with van der Waals surface area (Å²) in [5.74, 6) is 1.61. The lowest BCUT2D eigenvalue weighted by molar-refractivity contribution is 0.403. The van der Waals surface area contributed by atoms with Crippen molar-refractivity contribution in [2.24, 2.45) is 0 Å². The van der Waals surface area contributed by atoms with Crippen LogP contribution in [-0.2, 0) is 6.54 Å². The molecule has 1 heterocycles. The van der Waals surface area contributed by atoms with Gasteiger partial charge in [0.25, 0.3) is 0 Å². The fourth-order valence-corrected chi connectivity index (χ4v) is 1.69. The minimum Gasteiger partial charge on any atom is -0.507 e. The van der Waals surface area contributed by atoms with Gasteiger partial charge >= 0.3 is 0 Å². The van der Waals surface area contributed by atoms with E-state index >= 15 is 0 Å². The van der Waals surface area contributed by atoms with Gasteiger partial charge in [-0.25, -0.2) is 4.98 Å². The molecule has 0 aliphatic rings. The number of nitrogens with one attached hydrogen (secondary N) is 2. The molecular formula is C12H16N4O2. The summed E-state index contributed by atoms with van der Waals surface area (Å²) in [6.45, 7) is 2.53. The fraction of sp³-hybridized carbons (Fsp3) is 0.333. The molecule has 2 rings (SSSR count). The number of nitrogens with zero attached hydrogens (tertiary/aromatic N) is 2. The molecule has 0 radical (unpaired) electrons. The van der Waals surface area contributed by atoms with Gasteiger partial charge in [0.05, 0.1) is 13.7 Å². The number of aromatic amines is 1. The molecule has 2 aromatic rings. The van der Waals surface area contributed by atoms with Crippen LogP contribution in [0.15, 0.2) is 24.5 Å². The Bertz CT molecular complexity index is 499. The number of aromatic hydroxyl groups is 1. The van der Waals surface area contributed by atoms with Crippen molar-refractivity contribution in [3.05, 3.63) is 35.9 Å². The summed E-state index contributed by atoms with van der Waals surface area (Å²) in [6.07, 6.45) is 1.46. The summed E-state index contributed by atoms with van der Waals surface area (Å²) in [5, 5.41) is 19.7. The average molecular weight is 248 g/mol. The second-order valence-corrected chi connectivity index (χ2v) is 3.96. The summed E-state index contributed by atoms with van der Waals surface area (Å²) >= 11 is 0. The van der Waals surface area contributed by atoms with Crippen LogP contribution >= 0.6 is 0 Å². The number of ether oxygens (including phenoxy) is 1. The first kappa shape index (κ1) is 12.4. The van der Waals surface area contributed by atoms with Gasteiger partial charge in [-0.05, 0) is 13.0 Å². The molecule has 1 unspecified atom stereocenters. The molecule has 18 heavy (non-hydrogen) atoms. The zero-order chi connectivity index (χ0) is 13.0. The highest BCUT2D eigenvalue weighted by Gasteiger charge is 2.11. The molecule has 3 N–H and O–H groups in total. The third-order valence-electron chi connectivity index (χ3n) is 2.74. The van der Waals surface area contributed by atoms with E-state index in [0.29, 0.717) is 12.3 Å². The summed E-state index contributed by atoms with van der Waals surface area (Å²) in [4.78, 5) is 4.02. The molecule has 0 spiro atoms. The van der Waals surface area contributed by atoms with E-state index in [2.05, 4.69) is 20.5 Å². The molecule has 0 bridgehead atoms. The highest BCUT2D eigenvalue weighted by molar-refractivity contribution is 5.41. The lowest BCUT2D eigenvalue weighted by Gasteiger charge is -2.15. The first-order chi connectivity index (χ1) is 8.70. The van der Waals surface area contributed by atoms with Gasteiger partial charge in [0.1, 0.15) is 23.7 Å². The van der Waals surface area contributed by atoms with Gasteiger partial charge in [-0.1, -0.05) is 6.07 Å². The lowest BCUT2D eigenvalue weighted by atomic mass is 10.1. The highest BCUT2D eigenvalue weighted by atomic mass is 16.5. The summed E-state index contributed by atoms with van der Waals surface area (Å²) in [5.41, 5.74) is 0.815. The van der Waals surface area contributed by atoms with Crippen molar-refractivity contribution in [3.8, 4) is 11.5 Å². The van der Waals surface area contributed by atoms with Crippen molar-refractivity contribution >= 4 is 0 Å². The highest BCUT2D eigenvalue weighted by Crippen LogP contribution is 2.28. The number of hydrogen-bond donors (Lipinski definition) is 3. The van der Waals surface area contributed by atoms with Crippen LogP contribution in [0.25, 0.3) is 0 Å². The van der Waals surface area contributed by atoms with Gasteiger partial charge in [-0.3, -0.25) is 5.10 Å². The molecule has 1 aromatic heterocycles. The molecule has 6 nitrogen and oxygen atoms in total. The molecule has 0 aliphatic carbocycles. The molecule has 96 valence electrons. The zero-order valence-electron chi connectivity index (χ0n) is 10.3. The van der Waals surface area contributed by atoms with Crippen molar-refractivity contribution in [3.63, 3.8) is 0 Å². The van der Waals surface area contributed by atoms with Crippen LogP contribution in [0.2, 0.25) is 0 Å². The van der Waals surface area contributed by atoms with Gasteiger partial charge in [-0.2, -0.15) is 5.10 Å². The number of benzene rings is 1. The topological polar surface area (TPSA) is 83.1 Å². The van der Waals surface area contributed by atoms with Crippen LogP contribution in [0, 0.1) is 0 Å². The van der Waals surface area contributed by atoms with Crippen LogP contribution in [-0.4, -0.2) is 27.4 Å². The lowest BCUT2D eigenvalue weighted by Crippen LogP contribution is -2.19. The van der Waals surface area contributed by atoms with Gasteiger partial charge < -0.3 is 15.2 Å². The normalized spacial score (nSPS) is 12.3.